The first kappa shape index (κ1) is 14.5. The highest BCUT2D eigenvalue weighted by molar-refractivity contribution is 5.91. The smallest absolute Gasteiger partial charge is 0.200 e. The largest absolute Gasteiger partial charge is 0.502 e. The fraction of sp³-hybridized carbons (Fsp3) is 0.235. The van der Waals surface area contributed by atoms with Gasteiger partial charge in [0.15, 0.2) is 11.5 Å². The number of aromatic hydroxyl groups is 1. The van der Waals surface area contributed by atoms with E-state index in [0.29, 0.717) is 17.3 Å². The van der Waals surface area contributed by atoms with Gasteiger partial charge in [-0.15, -0.1) is 0 Å². The first-order valence-corrected chi connectivity index (χ1v) is 7.55. The molecule has 2 aromatic carbocycles. The van der Waals surface area contributed by atoms with Crippen LogP contribution in [0.3, 0.4) is 0 Å². The molecular weight excluding hydrogens is 308 g/mol. The maximum absolute atomic E-state index is 10.0. The zero-order chi connectivity index (χ0) is 16.8. The van der Waals surface area contributed by atoms with Crippen LogP contribution < -0.4 is 19.7 Å². The summed E-state index contributed by atoms with van der Waals surface area (Å²) in [6, 6.07) is 7.57. The Bertz CT molecular complexity index is 910. The third-order valence-electron chi connectivity index (χ3n) is 4.27. The van der Waals surface area contributed by atoms with Gasteiger partial charge in [0.1, 0.15) is 5.82 Å². The van der Waals surface area contributed by atoms with Gasteiger partial charge in [-0.25, -0.2) is 4.98 Å². The lowest BCUT2D eigenvalue weighted by molar-refractivity contribution is 0.340. The van der Waals surface area contributed by atoms with E-state index in [-0.39, 0.29) is 5.75 Å². The number of hydrogen-bond donors (Lipinski definition) is 3. The summed E-state index contributed by atoms with van der Waals surface area (Å²) in [5, 5.41) is 13.4. The van der Waals surface area contributed by atoms with Crippen LogP contribution in [0.25, 0.3) is 22.4 Å². The molecule has 0 saturated heterocycles. The minimum atomic E-state index is -0.0235. The summed E-state index contributed by atoms with van der Waals surface area (Å²) in [6.07, 6.45) is 0. The molecule has 0 spiro atoms. The van der Waals surface area contributed by atoms with E-state index in [9.17, 15) is 5.11 Å². The van der Waals surface area contributed by atoms with Gasteiger partial charge in [0.25, 0.3) is 0 Å². The van der Waals surface area contributed by atoms with Gasteiger partial charge in [-0.2, -0.15) is 0 Å². The first-order chi connectivity index (χ1) is 11.6. The van der Waals surface area contributed by atoms with E-state index in [2.05, 4.69) is 32.3 Å². The Kier molecular flexibility index (Phi) is 3.16. The predicted octanol–water partition coefficient (Wildman–Crippen LogP) is 2.77. The highest BCUT2D eigenvalue weighted by atomic mass is 16.5. The van der Waals surface area contributed by atoms with E-state index >= 15 is 0 Å². The van der Waals surface area contributed by atoms with Crippen LogP contribution >= 0.6 is 0 Å². The van der Waals surface area contributed by atoms with E-state index in [1.54, 1.807) is 12.1 Å². The second kappa shape index (κ2) is 5.23. The monoisotopic (exact) mass is 326 g/mol. The number of H-pyrrole nitrogens is 1. The lowest BCUT2D eigenvalue weighted by atomic mass is 10.1. The number of rotatable bonds is 3. The zero-order valence-electron chi connectivity index (χ0n) is 13.7. The lowest BCUT2D eigenvalue weighted by Gasteiger charge is -2.10. The van der Waals surface area contributed by atoms with Crippen LogP contribution in [-0.2, 0) is 0 Å². The Morgan fingerprint density at radius 1 is 1.12 bits per heavy atom. The molecule has 2 heterocycles. The number of phenols is 1. The zero-order valence-corrected chi connectivity index (χ0v) is 13.7. The van der Waals surface area contributed by atoms with Crippen molar-refractivity contribution >= 4 is 22.4 Å². The molecule has 0 atom stereocenters. The number of aromatic amines is 1. The molecule has 1 aromatic heterocycles. The maximum atomic E-state index is 10.0. The predicted molar refractivity (Wildman–Crippen MR) is 93.2 cm³/mol. The van der Waals surface area contributed by atoms with Crippen LogP contribution in [0.1, 0.15) is 0 Å². The maximum Gasteiger partial charge on any atom is 0.200 e. The Balaban J connectivity index is 1.85. The molecule has 1 aliphatic heterocycles. The Morgan fingerprint density at radius 2 is 1.83 bits per heavy atom. The number of anilines is 2. The number of phenolic OH excluding ortho intramolecular Hbond substituents is 1. The van der Waals surface area contributed by atoms with E-state index in [1.165, 1.54) is 14.2 Å². The summed E-state index contributed by atoms with van der Waals surface area (Å²) >= 11 is 0. The minimum Gasteiger partial charge on any atom is -0.502 e. The molecule has 24 heavy (non-hydrogen) atoms. The van der Waals surface area contributed by atoms with Gasteiger partial charge >= 0.3 is 0 Å². The summed E-state index contributed by atoms with van der Waals surface area (Å²) in [7, 11) is 5.04. The highest BCUT2D eigenvalue weighted by Crippen LogP contribution is 2.40. The molecule has 3 N–H and O–H groups in total. The van der Waals surface area contributed by atoms with Crippen LogP contribution in [0.5, 0.6) is 17.2 Å². The van der Waals surface area contributed by atoms with Gasteiger partial charge in [0.2, 0.25) is 5.75 Å². The van der Waals surface area contributed by atoms with Crippen molar-refractivity contribution in [1.29, 1.82) is 0 Å². The molecule has 4 rings (SSSR count). The highest BCUT2D eigenvalue weighted by Gasteiger charge is 2.19. The van der Waals surface area contributed by atoms with Crippen molar-refractivity contribution in [3.8, 4) is 28.6 Å². The van der Waals surface area contributed by atoms with Gasteiger partial charge < -0.3 is 29.8 Å². The number of nitrogens with zero attached hydrogens (tertiary/aromatic N) is 2. The topological polar surface area (TPSA) is 82.6 Å². The van der Waals surface area contributed by atoms with E-state index in [1.807, 2.05) is 7.05 Å². The van der Waals surface area contributed by atoms with E-state index in [4.69, 9.17) is 9.47 Å². The summed E-state index contributed by atoms with van der Waals surface area (Å²) < 4.78 is 10.4. The number of methoxy groups -OCH3 is 2. The number of imidazole rings is 1. The van der Waals surface area contributed by atoms with Crippen molar-refractivity contribution in [2.45, 2.75) is 0 Å². The van der Waals surface area contributed by atoms with E-state index in [0.717, 1.165) is 34.6 Å². The fourth-order valence-corrected chi connectivity index (χ4v) is 2.96. The van der Waals surface area contributed by atoms with Crippen LogP contribution in [0.15, 0.2) is 24.3 Å². The summed E-state index contributed by atoms with van der Waals surface area (Å²) in [6.45, 7) is 0.793. The Labute approximate surface area is 138 Å². The summed E-state index contributed by atoms with van der Waals surface area (Å²) in [5.41, 5.74) is 4.81. The van der Waals surface area contributed by atoms with Gasteiger partial charge in [-0.05, 0) is 24.3 Å². The van der Waals surface area contributed by atoms with Crippen molar-refractivity contribution in [3.63, 3.8) is 0 Å². The number of ether oxygens (including phenoxy) is 2. The second-order valence-electron chi connectivity index (χ2n) is 5.73. The second-order valence-corrected chi connectivity index (χ2v) is 5.73. The molecule has 0 fully saturated rings. The standard InChI is InChI=1S/C17H18N4O3/c1-21-8-18-12-6-10-11(7-13(12)21)20-17(19-10)9-4-14(23-2)16(22)15(5-9)24-3/h4-7,18,22H,8H2,1-3H3,(H,19,20). The van der Waals surface area contributed by atoms with Crippen molar-refractivity contribution in [2.24, 2.45) is 0 Å². The third kappa shape index (κ3) is 2.09. The lowest BCUT2D eigenvalue weighted by Crippen LogP contribution is -2.15. The van der Waals surface area contributed by atoms with Crippen LogP contribution in [0.2, 0.25) is 0 Å². The van der Waals surface area contributed by atoms with Crippen molar-refractivity contribution in [3.05, 3.63) is 24.3 Å². The molecule has 7 heteroatoms. The van der Waals surface area contributed by atoms with E-state index < -0.39 is 0 Å². The number of benzene rings is 2. The number of fused-ring (bicyclic) bond motifs is 2. The first-order valence-electron chi connectivity index (χ1n) is 7.55. The van der Waals surface area contributed by atoms with Crippen LogP contribution in [0.4, 0.5) is 11.4 Å². The SMILES string of the molecule is COc1cc(-c2nc3cc4c(cc3[nH]2)NCN4C)cc(OC)c1O. The van der Waals surface area contributed by atoms with Gasteiger partial charge in [-0.3, -0.25) is 0 Å². The normalized spacial score (nSPS) is 13.0. The van der Waals surface area contributed by atoms with Gasteiger partial charge in [0, 0.05) is 12.6 Å². The molecule has 1 aliphatic rings. The molecular formula is C17H18N4O3. The molecule has 0 radical (unpaired) electrons. The molecule has 7 nitrogen and oxygen atoms in total. The van der Waals surface area contributed by atoms with Gasteiger partial charge in [-0.1, -0.05) is 0 Å². The molecule has 124 valence electrons. The summed E-state index contributed by atoms with van der Waals surface area (Å²) in [5.74, 6) is 1.35. The quantitative estimate of drug-likeness (QED) is 0.686. The summed E-state index contributed by atoms with van der Waals surface area (Å²) in [4.78, 5) is 10.1. The molecule has 0 unspecified atom stereocenters. The Morgan fingerprint density at radius 3 is 2.50 bits per heavy atom. The number of aromatic nitrogens is 2. The average molecular weight is 326 g/mol. The minimum absolute atomic E-state index is 0.0235. The number of nitrogens with one attached hydrogen (secondary N) is 2. The third-order valence-corrected chi connectivity index (χ3v) is 4.27. The molecule has 3 aromatic rings. The molecule has 0 amide bonds. The Hall–Kier alpha value is -3.09. The van der Waals surface area contributed by atoms with Crippen LogP contribution in [-0.4, -0.2) is 43.0 Å². The molecule has 0 bridgehead atoms. The van der Waals surface area contributed by atoms with Gasteiger partial charge in [0.05, 0.1) is 43.3 Å². The molecule has 0 aliphatic carbocycles. The average Bonchev–Trinajstić information content (AvgIpc) is 3.16. The van der Waals surface area contributed by atoms with Crippen molar-refractivity contribution in [2.75, 3.05) is 38.2 Å². The number of hydrogen-bond acceptors (Lipinski definition) is 6. The van der Waals surface area contributed by atoms with Crippen LogP contribution in [0, 0.1) is 0 Å². The van der Waals surface area contributed by atoms with Crippen molar-refractivity contribution < 1.29 is 14.6 Å². The molecule has 0 saturated carbocycles. The fourth-order valence-electron chi connectivity index (χ4n) is 2.96. The van der Waals surface area contributed by atoms with Crippen molar-refractivity contribution in [1.82, 2.24) is 9.97 Å².